The number of ether oxygens (including phenoxy) is 1. The summed E-state index contributed by atoms with van der Waals surface area (Å²) < 4.78 is 5.31. The Hall–Kier alpha value is -2.07. The van der Waals surface area contributed by atoms with Crippen molar-refractivity contribution in [2.45, 2.75) is 20.1 Å². The van der Waals surface area contributed by atoms with E-state index in [0.29, 0.717) is 24.7 Å². The molecule has 90 valence electrons. The van der Waals surface area contributed by atoms with Gasteiger partial charge in [0.15, 0.2) is 12.1 Å². The summed E-state index contributed by atoms with van der Waals surface area (Å²) >= 11 is 0. The van der Waals surface area contributed by atoms with Gasteiger partial charge < -0.3 is 4.74 Å². The van der Waals surface area contributed by atoms with Crippen molar-refractivity contribution in [3.05, 3.63) is 46.8 Å². The van der Waals surface area contributed by atoms with Gasteiger partial charge in [-0.1, -0.05) is 29.8 Å². The highest BCUT2D eigenvalue weighted by atomic mass is 16.5. The van der Waals surface area contributed by atoms with Crippen LogP contribution in [0.5, 0.6) is 0 Å². The second-order valence-electron chi connectivity index (χ2n) is 4.33. The summed E-state index contributed by atoms with van der Waals surface area (Å²) in [6.07, 6.45) is 0.771. The zero-order chi connectivity index (χ0) is 12.5. The van der Waals surface area contributed by atoms with Crippen LogP contribution in [0.15, 0.2) is 24.3 Å². The van der Waals surface area contributed by atoms with E-state index in [-0.39, 0.29) is 0 Å². The van der Waals surface area contributed by atoms with Gasteiger partial charge >= 0.3 is 0 Å². The van der Waals surface area contributed by atoms with Crippen LogP contribution >= 0.6 is 0 Å². The van der Waals surface area contributed by atoms with Gasteiger partial charge in [0.2, 0.25) is 0 Å². The lowest BCUT2D eigenvalue weighted by atomic mass is 10.1. The topological polar surface area (TPSA) is 52.1 Å². The first-order valence-corrected chi connectivity index (χ1v) is 5.77. The van der Waals surface area contributed by atoms with E-state index in [1.165, 1.54) is 5.56 Å². The lowest BCUT2D eigenvalue weighted by Gasteiger charge is -2.05. The third kappa shape index (κ3) is 1.80. The maximum Gasteiger partial charge on any atom is 0.168 e. The number of aromatic nitrogens is 2. The molecule has 4 heteroatoms. The molecular weight excluding hydrogens is 228 g/mol. The Morgan fingerprint density at radius 1 is 1.17 bits per heavy atom. The molecule has 1 aromatic heterocycles. The van der Waals surface area contributed by atoms with Crippen molar-refractivity contribution in [3.8, 4) is 11.4 Å². The minimum absolute atomic E-state index is 0.428. The second-order valence-corrected chi connectivity index (χ2v) is 4.33. The molecule has 0 aliphatic carbocycles. The molecule has 0 spiro atoms. The third-order valence-corrected chi connectivity index (χ3v) is 3.03. The van der Waals surface area contributed by atoms with Crippen molar-refractivity contribution in [1.29, 1.82) is 0 Å². The van der Waals surface area contributed by atoms with Crippen LogP contribution in [0.4, 0.5) is 0 Å². The monoisotopic (exact) mass is 240 g/mol. The maximum absolute atomic E-state index is 11.1. The van der Waals surface area contributed by atoms with E-state index in [2.05, 4.69) is 9.97 Å². The van der Waals surface area contributed by atoms with Crippen LogP contribution in [-0.2, 0) is 18.0 Å². The largest absolute Gasteiger partial charge is 0.370 e. The van der Waals surface area contributed by atoms with Crippen LogP contribution in [0.3, 0.4) is 0 Å². The number of aryl methyl sites for hydroxylation is 1. The van der Waals surface area contributed by atoms with Crippen molar-refractivity contribution in [2.24, 2.45) is 0 Å². The highest BCUT2D eigenvalue weighted by Crippen LogP contribution is 2.24. The van der Waals surface area contributed by atoms with Crippen molar-refractivity contribution in [2.75, 3.05) is 0 Å². The zero-order valence-electron chi connectivity index (χ0n) is 10.0. The standard InChI is InChI=1S/C14H12N2O2/c1-9-2-4-10(5-3-9)14-15-12(6-17)11-7-18-8-13(11)16-14/h2-6H,7-8H2,1H3. The Morgan fingerprint density at radius 2 is 1.94 bits per heavy atom. The summed E-state index contributed by atoms with van der Waals surface area (Å²) in [6, 6.07) is 7.93. The van der Waals surface area contributed by atoms with E-state index >= 15 is 0 Å². The van der Waals surface area contributed by atoms with Crippen LogP contribution in [0.25, 0.3) is 11.4 Å². The number of benzene rings is 1. The van der Waals surface area contributed by atoms with E-state index < -0.39 is 0 Å². The quantitative estimate of drug-likeness (QED) is 0.756. The van der Waals surface area contributed by atoms with E-state index in [4.69, 9.17) is 4.74 Å². The van der Waals surface area contributed by atoms with Gasteiger partial charge in [0.25, 0.3) is 0 Å². The van der Waals surface area contributed by atoms with Gasteiger partial charge in [-0.15, -0.1) is 0 Å². The maximum atomic E-state index is 11.1. The average molecular weight is 240 g/mol. The molecule has 0 unspecified atom stereocenters. The number of nitrogens with zero attached hydrogens (tertiary/aromatic N) is 2. The molecule has 0 bridgehead atoms. The number of rotatable bonds is 2. The van der Waals surface area contributed by atoms with Crippen LogP contribution in [0.1, 0.15) is 27.3 Å². The summed E-state index contributed by atoms with van der Waals surface area (Å²) in [5, 5.41) is 0. The molecule has 2 heterocycles. The SMILES string of the molecule is Cc1ccc(-c2nc(C=O)c3c(n2)COC3)cc1. The summed E-state index contributed by atoms with van der Waals surface area (Å²) in [5.41, 5.74) is 4.17. The molecule has 2 aromatic rings. The number of carbonyl (C=O) groups excluding carboxylic acids is 1. The van der Waals surface area contributed by atoms with Gasteiger partial charge in [-0.25, -0.2) is 9.97 Å². The van der Waals surface area contributed by atoms with E-state index in [1.807, 2.05) is 31.2 Å². The van der Waals surface area contributed by atoms with Crippen LogP contribution < -0.4 is 0 Å². The van der Waals surface area contributed by atoms with Crippen molar-refractivity contribution in [3.63, 3.8) is 0 Å². The van der Waals surface area contributed by atoms with E-state index in [1.54, 1.807) is 0 Å². The highest BCUT2D eigenvalue weighted by Gasteiger charge is 2.19. The number of fused-ring (bicyclic) bond motifs is 1. The molecule has 0 saturated heterocycles. The van der Waals surface area contributed by atoms with Crippen molar-refractivity contribution >= 4 is 6.29 Å². The first kappa shape index (κ1) is 11.0. The first-order chi connectivity index (χ1) is 8.78. The number of aldehydes is 1. The lowest BCUT2D eigenvalue weighted by Crippen LogP contribution is -2.02. The summed E-state index contributed by atoms with van der Waals surface area (Å²) in [4.78, 5) is 19.8. The number of hydrogen-bond acceptors (Lipinski definition) is 4. The molecule has 3 rings (SSSR count). The molecule has 0 atom stereocenters. The van der Waals surface area contributed by atoms with Crippen molar-refractivity contribution in [1.82, 2.24) is 9.97 Å². The summed E-state index contributed by atoms with van der Waals surface area (Å²) in [7, 11) is 0. The van der Waals surface area contributed by atoms with Gasteiger partial charge in [0, 0.05) is 11.1 Å². The molecule has 0 N–H and O–H groups in total. The van der Waals surface area contributed by atoms with Crippen molar-refractivity contribution < 1.29 is 9.53 Å². The van der Waals surface area contributed by atoms with Gasteiger partial charge in [-0.2, -0.15) is 0 Å². The average Bonchev–Trinajstić information content (AvgIpc) is 2.86. The Labute approximate surface area is 105 Å². The Balaban J connectivity index is 2.13. The predicted octanol–water partition coefficient (Wildman–Crippen LogP) is 2.29. The van der Waals surface area contributed by atoms with E-state index in [0.717, 1.165) is 23.1 Å². The first-order valence-electron chi connectivity index (χ1n) is 5.77. The van der Waals surface area contributed by atoms with Crippen LogP contribution in [-0.4, -0.2) is 16.3 Å². The molecule has 0 radical (unpaired) electrons. The smallest absolute Gasteiger partial charge is 0.168 e. The van der Waals surface area contributed by atoms with Gasteiger partial charge in [0.1, 0.15) is 5.69 Å². The molecular formula is C14H12N2O2. The van der Waals surface area contributed by atoms with Gasteiger partial charge in [0.05, 0.1) is 18.9 Å². The van der Waals surface area contributed by atoms with Gasteiger partial charge in [-0.05, 0) is 6.92 Å². The normalized spacial score (nSPS) is 13.4. The molecule has 0 fully saturated rings. The Bertz CT molecular complexity index is 606. The molecule has 1 aromatic carbocycles. The summed E-state index contributed by atoms with van der Waals surface area (Å²) in [6.45, 7) is 2.91. The summed E-state index contributed by atoms with van der Waals surface area (Å²) in [5.74, 6) is 0.585. The molecule has 0 amide bonds. The minimum Gasteiger partial charge on any atom is -0.370 e. The molecule has 18 heavy (non-hydrogen) atoms. The minimum atomic E-state index is 0.428. The highest BCUT2D eigenvalue weighted by molar-refractivity contribution is 5.76. The molecule has 0 saturated carbocycles. The van der Waals surface area contributed by atoms with Crippen LogP contribution in [0, 0.1) is 6.92 Å². The van der Waals surface area contributed by atoms with Crippen LogP contribution in [0.2, 0.25) is 0 Å². The number of hydrogen-bond donors (Lipinski definition) is 0. The molecule has 1 aliphatic heterocycles. The second kappa shape index (κ2) is 4.31. The fourth-order valence-electron chi connectivity index (χ4n) is 2.01. The fraction of sp³-hybridized carbons (Fsp3) is 0.214. The van der Waals surface area contributed by atoms with Gasteiger partial charge in [-0.3, -0.25) is 4.79 Å². The fourth-order valence-corrected chi connectivity index (χ4v) is 2.01. The molecule has 4 nitrogen and oxygen atoms in total. The Morgan fingerprint density at radius 3 is 2.67 bits per heavy atom. The number of carbonyl (C=O) groups is 1. The molecule has 1 aliphatic rings. The van der Waals surface area contributed by atoms with E-state index in [9.17, 15) is 4.79 Å². The predicted molar refractivity (Wildman–Crippen MR) is 66.1 cm³/mol. The third-order valence-electron chi connectivity index (χ3n) is 3.03. The lowest BCUT2D eigenvalue weighted by molar-refractivity contribution is 0.111. The Kier molecular flexibility index (Phi) is 2.64. The zero-order valence-corrected chi connectivity index (χ0v) is 10.0.